The second-order valence-corrected chi connectivity index (χ2v) is 8.05. The molecule has 1 aromatic heterocycles. The van der Waals surface area contributed by atoms with Crippen LogP contribution in [0.4, 0.5) is 9.18 Å². The second-order valence-electron chi connectivity index (χ2n) is 8.05. The van der Waals surface area contributed by atoms with E-state index in [4.69, 9.17) is 0 Å². The van der Waals surface area contributed by atoms with E-state index in [1.165, 1.54) is 23.2 Å². The van der Waals surface area contributed by atoms with Gasteiger partial charge in [0.05, 0.1) is 6.04 Å². The lowest BCUT2D eigenvalue weighted by atomic mass is 9.90. The number of aromatic hydroxyl groups is 1. The number of pyridine rings is 1. The van der Waals surface area contributed by atoms with Gasteiger partial charge in [-0.25, -0.2) is 14.2 Å². The highest BCUT2D eigenvalue weighted by atomic mass is 19.1. The highest BCUT2D eigenvalue weighted by Crippen LogP contribution is 2.31. The monoisotopic (exact) mass is 452 g/mol. The first kappa shape index (κ1) is 24.2. The predicted octanol–water partition coefficient (Wildman–Crippen LogP) is 5.58. The molecule has 0 aliphatic heterocycles. The number of aliphatic hydroxyl groups excluding tert-OH is 1. The zero-order valence-corrected chi connectivity index (χ0v) is 18.6. The molecule has 2 aromatic carbocycles. The van der Waals surface area contributed by atoms with Crippen LogP contribution in [0.25, 0.3) is 11.1 Å². The van der Waals surface area contributed by atoms with Crippen molar-refractivity contribution in [3.05, 3.63) is 83.8 Å². The fourth-order valence-electron chi connectivity index (χ4n) is 4.04. The maximum absolute atomic E-state index is 13.3. The van der Waals surface area contributed by atoms with Gasteiger partial charge in [0, 0.05) is 24.9 Å². The zero-order valence-electron chi connectivity index (χ0n) is 18.6. The van der Waals surface area contributed by atoms with Crippen LogP contribution in [0.15, 0.2) is 66.9 Å². The summed E-state index contributed by atoms with van der Waals surface area (Å²) in [6.07, 6.45) is 2.33. The molecule has 3 rings (SSSR count). The van der Waals surface area contributed by atoms with Gasteiger partial charge in [-0.15, -0.1) is 0 Å². The lowest BCUT2D eigenvalue weighted by Gasteiger charge is -2.29. The normalized spacial score (nSPS) is 12.8. The van der Waals surface area contributed by atoms with Crippen molar-refractivity contribution in [1.82, 2.24) is 9.88 Å². The largest absolute Gasteiger partial charge is 0.493 e. The number of aliphatic hydroxyl groups is 1. The molecule has 174 valence electrons. The second kappa shape index (κ2) is 11.4. The Labute approximate surface area is 193 Å². The first-order valence-corrected chi connectivity index (χ1v) is 11.0. The fourth-order valence-corrected chi connectivity index (χ4v) is 4.04. The van der Waals surface area contributed by atoms with Crippen LogP contribution in [0.2, 0.25) is 0 Å². The minimum atomic E-state index is -1.02. The first-order valence-electron chi connectivity index (χ1n) is 11.0. The average Bonchev–Trinajstić information content (AvgIpc) is 2.82. The molecule has 0 unspecified atom stereocenters. The quantitative estimate of drug-likeness (QED) is 0.373. The lowest BCUT2D eigenvalue weighted by molar-refractivity contribution is 0.125. The Morgan fingerprint density at radius 2 is 1.70 bits per heavy atom. The molecule has 0 bridgehead atoms. The van der Waals surface area contributed by atoms with Crippen molar-refractivity contribution >= 4 is 6.09 Å². The van der Waals surface area contributed by atoms with Crippen LogP contribution in [0.1, 0.15) is 49.3 Å². The number of nitrogens with zero attached hydrogens (tertiary/aromatic N) is 2. The molecule has 0 saturated carbocycles. The summed E-state index contributed by atoms with van der Waals surface area (Å²) in [5, 5.41) is 29.1. The third-order valence-electron chi connectivity index (χ3n) is 5.97. The topological polar surface area (TPSA) is 93.9 Å². The van der Waals surface area contributed by atoms with Crippen LogP contribution in [-0.2, 0) is 0 Å². The summed E-state index contributed by atoms with van der Waals surface area (Å²) in [7, 11) is 0. The molecule has 2 atom stereocenters. The number of carboxylic acid groups (broad SMARTS) is 1. The van der Waals surface area contributed by atoms with E-state index in [1.54, 1.807) is 24.3 Å². The maximum atomic E-state index is 13.3. The Bertz CT molecular complexity index is 1040. The molecule has 0 radical (unpaired) electrons. The molecule has 0 aliphatic carbocycles. The number of hydrogen-bond acceptors (Lipinski definition) is 4. The van der Waals surface area contributed by atoms with Gasteiger partial charge < -0.3 is 20.2 Å². The first-order chi connectivity index (χ1) is 15.9. The highest BCUT2D eigenvalue weighted by molar-refractivity contribution is 5.69. The Hall–Kier alpha value is -3.45. The summed E-state index contributed by atoms with van der Waals surface area (Å²) in [6, 6.07) is 16.8. The summed E-state index contributed by atoms with van der Waals surface area (Å²) in [5.41, 5.74) is 3.17. The van der Waals surface area contributed by atoms with E-state index >= 15 is 0 Å². The maximum Gasteiger partial charge on any atom is 0.407 e. The lowest BCUT2D eigenvalue weighted by Crippen LogP contribution is -2.34. The number of carbonyl (C=O) groups is 1. The zero-order chi connectivity index (χ0) is 23.8. The van der Waals surface area contributed by atoms with Crippen molar-refractivity contribution in [2.75, 3.05) is 13.2 Å². The Balaban J connectivity index is 1.73. The van der Waals surface area contributed by atoms with Crippen LogP contribution in [-0.4, -0.2) is 44.4 Å². The number of halogens is 1. The predicted molar refractivity (Wildman–Crippen MR) is 125 cm³/mol. The average molecular weight is 453 g/mol. The molecule has 33 heavy (non-hydrogen) atoms. The third-order valence-corrected chi connectivity index (χ3v) is 5.97. The Morgan fingerprint density at radius 3 is 2.30 bits per heavy atom. The van der Waals surface area contributed by atoms with Crippen LogP contribution in [0, 0.1) is 5.82 Å². The summed E-state index contributed by atoms with van der Waals surface area (Å²) in [5.74, 6) is -0.355. The number of aromatic nitrogens is 1. The molecule has 1 amide bonds. The van der Waals surface area contributed by atoms with E-state index in [1.807, 2.05) is 31.2 Å². The van der Waals surface area contributed by atoms with E-state index in [0.717, 1.165) is 16.7 Å². The van der Waals surface area contributed by atoms with E-state index in [2.05, 4.69) is 4.98 Å². The van der Waals surface area contributed by atoms with Crippen molar-refractivity contribution in [3.63, 3.8) is 0 Å². The van der Waals surface area contributed by atoms with Gasteiger partial charge >= 0.3 is 6.09 Å². The molecule has 3 aromatic rings. The molecular weight excluding hydrogens is 423 g/mol. The summed E-state index contributed by atoms with van der Waals surface area (Å²) >= 11 is 0. The van der Waals surface area contributed by atoms with Crippen LogP contribution < -0.4 is 0 Å². The minimum absolute atomic E-state index is 0.0164. The van der Waals surface area contributed by atoms with Crippen molar-refractivity contribution < 1.29 is 24.5 Å². The minimum Gasteiger partial charge on any atom is -0.493 e. The van der Waals surface area contributed by atoms with E-state index in [9.17, 15) is 24.5 Å². The van der Waals surface area contributed by atoms with Gasteiger partial charge in [-0.3, -0.25) is 0 Å². The number of amides is 1. The smallest absolute Gasteiger partial charge is 0.407 e. The van der Waals surface area contributed by atoms with Gasteiger partial charge in [-0.2, -0.15) is 0 Å². The van der Waals surface area contributed by atoms with Crippen molar-refractivity contribution in [1.29, 1.82) is 0 Å². The van der Waals surface area contributed by atoms with E-state index < -0.39 is 6.09 Å². The summed E-state index contributed by atoms with van der Waals surface area (Å²) < 4.78 is 13.3. The van der Waals surface area contributed by atoms with Crippen molar-refractivity contribution in [3.8, 4) is 17.0 Å². The van der Waals surface area contributed by atoms with E-state index in [0.29, 0.717) is 31.4 Å². The molecule has 0 aliphatic rings. The van der Waals surface area contributed by atoms with Crippen LogP contribution in [0.5, 0.6) is 5.88 Å². The standard InChI is InChI=1S/C26H29FN2O4/c1-18(19-6-8-22(9-7-19)24-5-2-15-28-25(24)31)29(26(32)33)16-14-20(4-3-17-30)21-10-12-23(27)13-11-21/h2,5-13,15,18,20,30H,3-4,14,16-17H2,1H3,(H,28,31)(H,32,33)/t18-,20-/m0/s1. The van der Waals surface area contributed by atoms with Crippen LogP contribution in [0.3, 0.4) is 0 Å². The van der Waals surface area contributed by atoms with Gasteiger partial charge in [0.2, 0.25) is 5.88 Å². The number of hydrogen-bond donors (Lipinski definition) is 3. The van der Waals surface area contributed by atoms with Crippen molar-refractivity contribution in [2.24, 2.45) is 0 Å². The molecular formula is C26H29FN2O4. The Morgan fingerprint density at radius 1 is 1.03 bits per heavy atom. The summed E-state index contributed by atoms with van der Waals surface area (Å²) in [6.45, 7) is 2.19. The molecule has 7 heteroatoms. The van der Waals surface area contributed by atoms with Gasteiger partial charge in [0.25, 0.3) is 0 Å². The van der Waals surface area contributed by atoms with Gasteiger partial charge in [-0.05, 0) is 73.1 Å². The number of benzene rings is 2. The fraction of sp³-hybridized carbons (Fsp3) is 0.308. The van der Waals surface area contributed by atoms with Gasteiger partial charge in [-0.1, -0.05) is 36.4 Å². The molecule has 3 N–H and O–H groups in total. The third kappa shape index (κ3) is 6.29. The molecule has 0 fully saturated rings. The molecule has 1 heterocycles. The van der Waals surface area contributed by atoms with Crippen LogP contribution >= 0.6 is 0 Å². The van der Waals surface area contributed by atoms with Gasteiger partial charge in [0.15, 0.2) is 0 Å². The molecule has 6 nitrogen and oxygen atoms in total. The number of rotatable bonds is 10. The summed E-state index contributed by atoms with van der Waals surface area (Å²) in [4.78, 5) is 17.3. The van der Waals surface area contributed by atoms with E-state index in [-0.39, 0.29) is 30.3 Å². The Kier molecular flexibility index (Phi) is 8.38. The highest BCUT2D eigenvalue weighted by Gasteiger charge is 2.23. The SMILES string of the molecule is C[C@@H](c1ccc(-c2cccnc2O)cc1)N(CC[C@H](CCCO)c1ccc(F)cc1)C(=O)O. The molecule has 0 saturated heterocycles. The van der Waals surface area contributed by atoms with Crippen molar-refractivity contribution in [2.45, 2.75) is 38.1 Å². The molecule has 0 spiro atoms. The van der Waals surface area contributed by atoms with Gasteiger partial charge in [0.1, 0.15) is 5.82 Å².